The van der Waals surface area contributed by atoms with Crippen molar-refractivity contribution in [3.63, 3.8) is 0 Å². The number of nitrogens with one attached hydrogen (secondary N) is 1. The molecular formula is C12H13N3O4. The lowest BCUT2D eigenvalue weighted by atomic mass is 10.2. The number of carbonyl (C=O) groups is 1. The Labute approximate surface area is 109 Å². The molecule has 1 aromatic heterocycles. The van der Waals surface area contributed by atoms with Gasteiger partial charge in [-0.15, -0.1) is 0 Å². The fraction of sp³-hybridized carbons (Fsp3) is 0.167. The van der Waals surface area contributed by atoms with Crippen molar-refractivity contribution < 1.29 is 18.8 Å². The predicted molar refractivity (Wildman–Crippen MR) is 68.4 cm³/mol. The normalized spacial score (nSPS) is 10.0. The molecule has 0 aliphatic rings. The second-order valence-corrected chi connectivity index (χ2v) is 3.63. The van der Waals surface area contributed by atoms with E-state index in [0.717, 1.165) is 0 Å². The van der Waals surface area contributed by atoms with Gasteiger partial charge < -0.3 is 25.0 Å². The Bertz CT molecular complexity index is 581. The van der Waals surface area contributed by atoms with Crippen LogP contribution in [-0.2, 0) is 0 Å². The molecule has 1 heterocycles. The van der Waals surface area contributed by atoms with Gasteiger partial charge in [0, 0.05) is 18.2 Å². The lowest BCUT2D eigenvalue weighted by molar-refractivity contribution is 0.101. The molecule has 19 heavy (non-hydrogen) atoms. The molecule has 7 nitrogen and oxygen atoms in total. The van der Waals surface area contributed by atoms with Crippen molar-refractivity contribution in [3.8, 4) is 11.5 Å². The number of hydrogen-bond donors (Lipinski definition) is 2. The van der Waals surface area contributed by atoms with Crippen LogP contribution in [-0.4, -0.2) is 25.3 Å². The summed E-state index contributed by atoms with van der Waals surface area (Å²) >= 11 is 0. The Kier molecular flexibility index (Phi) is 3.56. The minimum atomic E-state index is -0.423. The second-order valence-electron chi connectivity index (χ2n) is 3.63. The molecular weight excluding hydrogens is 250 g/mol. The molecule has 1 amide bonds. The topological polar surface area (TPSA) is 99.6 Å². The van der Waals surface area contributed by atoms with E-state index in [1.54, 1.807) is 12.1 Å². The smallest absolute Gasteiger partial charge is 0.277 e. The fourth-order valence-electron chi connectivity index (χ4n) is 1.52. The van der Waals surface area contributed by atoms with E-state index in [1.165, 1.54) is 26.5 Å². The third-order valence-corrected chi connectivity index (χ3v) is 2.47. The minimum Gasteiger partial charge on any atom is -0.493 e. The third kappa shape index (κ3) is 2.59. The van der Waals surface area contributed by atoms with E-state index in [0.29, 0.717) is 22.9 Å². The number of nitrogen functional groups attached to an aromatic ring is 1. The zero-order valence-corrected chi connectivity index (χ0v) is 10.5. The maximum Gasteiger partial charge on any atom is 0.277 e. The fourth-order valence-corrected chi connectivity index (χ4v) is 1.52. The van der Waals surface area contributed by atoms with Crippen LogP contribution in [0.3, 0.4) is 0 Å². The lowest BCUT2D eigenvalue weighted by Gasteiger charge is -2.12. The summed E-state index contributed by atoms with van der Waals surface area (Å²) in [5, 5.41) is 6.15. The summed E-state index contributed by atoms with van der Waals surface area (Å²) in [5.41, 5.74) is 6.75. The van der Waals surface area contributed by atoms with Gasteiger partial charge in [-0.2, -0.15) is 0 Å². The molecule has 0 saturated heterocycles. The zero-order chi connectivity index (χ0) is 13.8. The molecule has 0 fully saturated rings. The first-order valence-corrected chi connectivity index (χ1v) is 5.39. The number of methoxy groups -OCH3 is 2. The molecule has 0 aliphatic heterocycles. The zero-order valence-electron chi connectivity index (χ0n) is 10.5. The Morgan fingerprint density at radius 1 is 1.32 bits per heavy atom. The van der Waals surface area contributed by atoms with E-state index < -0.39 is 5.91 Å². The van der Waals surface area contributed by atoms with Crippen molar-refractivity contribution in [2.24, 2.45) is 0 Å². The first-order valence-electron chi connectivity index (χ1n) is 5.39. The standard InChI is InChI=1S/C12H13N3O4/c1-17-10-5-7(13)9(6-11(10)18-2)14-12(16)8-3-4-19-15-8/h3-6H,13H2,1-2H3,(H,14,16). The number of amides is 1. The number of rotatable bonds is 4. The number of nitrogens with zero attached hydrogens (tertiary/aromatic N) is 1. The largest absolute Gasteiger partial charge is 0.493 e. The quantitative estimate of drug-likeness (QED) is 0.811. The SMILES string of the molecule is COc1cc(N)c(NC(=O)c2ccon2)cc1OC. The molecule has 0 bridgehead atoms. The highest BCUT2D eigenvalue weighted by molar-refractivity contribution is 6.04. The molecule has 100 valence electrons. The van der Waals surface area contributed by atoms with E-state index in [9.17, 15) is 4.79 Å². The van der Waals surface area contributed by atoms with Gasteiger partial charge in [0.25, 0.3) is 5.91 Å². The van der Waals surface area contributed by atoms with Gasteiger partial charge in [0.2, 0.25) is 0 Å². The van der Waals surface area contributed by atoms with Crippen LogP contribution in [0, 0.1) is 0 Å². The van der Waals surface area contributed by atoms with Crippen LogP contribution >= 0.6 is 0 Å². The van der Waals surface area contributed by atoms with Gasteiger partial charge in [0.15, 0.2) is 17.2 Å². The van der Waals surface area contributed by atoms with Crippen molar-refractivity contribution >= 4 is 17.3 Å². The molecule has 2 rings (SSSR count). The number of ether oxygens (including phenoxy) is 2. The summed E-state index contributed by atoms with van der Waals surface area (Å²) in [5.74, 6) is 0.527. The summed E-state index contributed by atoms with van der Waals surface area (Å²) in [6.07, 6.45) is 1.31. The van der Waals surface area contributed by atoms with Crippen LogP contribution < -0.4 is 20.5 Å². The summed E-state index contributed by atoms with van der Waals surface area (Å²) in [6, 6.07) is 4.59. The molecule has 0 saturated carbocycles. The summed E-state index contributed by atoms with van der Waals surface area (Å²) in [7, 11) is 3.00. The number of carbonyl (C=O) groups excluding carboxylic acids is 1. The van der Waals surface area contributed by atoms with Crippen LogP contribution in [0.1, 0.15) is 10.5 Å². The first kappa shape index (κ1) is 12.7. The molecule has 0 spiro atoms. The van der Waals surface area contributed by atoms with Crippen LogP contribution in [0.15, 0.2) is 29.0 Å². The Morgan fingerprint density at radius 3 is 2.58 bits per heavy atom. The Morgan fingerprint density at radius 2 is 2.00 bits per heavy atom. The van der Waals surface area contributed by atoms with Gasteiger partial charge >= 0.3 is 0 Å². The second kappa shape index (κ2) is 5.30. The summed E-state index contributed by atoms with van der Waals surface area (Å²) in [6.45, 7) is 0. The highest BCUT2D eigenvalue weighted by atomic mass is 16.5. The van der Waals surface area contributed by atoms with Crippen LogP contribution in [0.4, 0.5) is 11.4 Å². The number of aromatic nitrogens is 1. The van der Waals surface area contributed by atoms with Gasteiger partial charge in [-0.25, -0.2) is 0 Å². The Balaban J connectivity index is 2.28. The maximum atomic E-state index is 11.8. The van der Waals surface area contributed by atoms with Crippen molar-refractivity contribution in [1.82, 2.24) is 5.16 Å². The number of nitrogens with two attached hydrogens (primary N) is 1. The number of benzene rings is 1. The van der Waals surface area contributed by atoms with Crippen molar-refractivity contribution in [1.29, 1.82) is 0 Å². The summed E-state index contributed by atoms with van der Waals surface area (Å²) < 4.78 is 14.8. The molecule has 3 N–H and O–H groups in total. The molecule has 0 unspecified atom stereocenters. The molecule has 0 atom stereocenters. The van der Waals surface area contributed by atoms with Gasteiger partial charge in [0.1, 0.15) is 6.26 Å². The van der Waals surface area contributed by atoms with Crippen molar-refractivity contribution in [2.75, 3.05) is 25.3 Å². The van der Waals surface area contributed by atoms with E-state index in [4.69, 9.17) is 15.2 Å². The van der Waals surface area contributed by atoms with Gasteiger partial charge in [-0.1, -0.05) is 5.16 Å². The van der Waals surface area contributed by atoms with E-state index in [2.05, 4.69) is 15.0 Å². The van der Waals surface area contributed by atoms with Gasteiger partial charge in [-0.05, 0) is 0 Å². The van der Waals surface area contributed by atoms with Crippen molar-refractivity contribution in [3.05, 3.63) is 30.2 Å². The van der Waals surface area contributed by atoms with Crippen LogP contribution in [0.2, 0.25) is 0 Å². The predicted octanol–water partition coefficient (Wildman–Crippen LogP) is 1.53. The first-order chi connectivity index (χ1) is 9.15. The molecule has 7 heteroatoms. The third-order valence-electron chi connectivity index (χ3n) is 2.47. The average Bonchev–Trinajstić information content (AvgIpc) is 2.94. The van der Waals surface area contributed by atoms with Crippen LogP contribution in [0.25, 0.3) is 0 Å². The monoisotopic (exact) mass is 263 g/mol. The van der Waals surface area contributed by atoms with E-state index in [-0.39, 0.29) is 5.69 Å². The number of anilines is 2. The highest BCUT2D eigenvalue weighted by Crippen LogP contribution is 2.34. The lowest BCUT2D eigenvalue weighted by Crippen LogP contribution is -2.13. The Hall–Kier alpha value is -2.70. The highest BCUT2D eigenvalue weighted by Gasteiger charge is 2.14. The molecule has 0 radical (unpaired) electrons. The maximum absolute atomic E-state index is 11.8. The minimum absolute atomic E-state index is 0.161. The average molecular weight is 263 g/mol. The van der Waals surface area contributed by atoms with Gasteiger partial charge in [0.05, 0.1) is 25.6 Å². The molecule has 2 aromatic rings. The molecule has 1 aromatic carbocycles. The van der Waals surface area contributed by atoms with E-state index >= 15 is 0 Å². The van der Waals surface area contributed by atoms with Crippen molar-refractivity contribution in [2.45, 2.75) is 0 Å². The molecule has 0 aliphatic carbocycles. The number of hydrogen-bond acceptors (Lipinski definition) is 6. The summed E-state index contributed by atoms with van der Waals surface area (Å²) in [4.78, 5) is 11.8. The van der Waals surface area contributed by atoms with E-state index in [1.807, 2.05) is 0 Å². The van der Waals surface area contributed by atoms with Gasteiger partial charge in [-0.3, -0.25) is 4.79 Å². The van der Waals surface area contributed by atoms with Crippen LogP contribution in [0.5, 0.6) is 11.5 Å².